The van der Waals surface area contributed by atoms with Crippen molar-refractivity contribution >= 4 is 25.2 Å². The van der Waals surface area contributed by atoms with Crippen molar-refractivity contribution in [3.8, 4) is 0 Å². The minimum Gasteiger partial charge on any atom is -0.411 e. The molecule has 0 saturated carbocycles. The lowest BCUT2D eigenvalue weighted by atomic mass is 9.81. The molecule has 9 heteroatoms. The van der Waals surface area contributed by atoms with Gasteiger partial charge in [-0.05, 0) is 67.2 Å². The standard InChI is InChI=1S/C29H47NO6SSi/c1-8-22-21(7)32-28-27(33-22)20(6)18-29(35-28)17-19(5)26(36-38(9-2,10-3)11-4)23(34-29)16-25(31)37-24-14-12-13-15-30-24/h12-15,19-23,26-28H,8-11,16-18H2,1-7H3/t19-,20-,21-,22+,23-,26?,27?,28+,29+/m0/s1. The SMILES string of the molecule is CC[C@H]1OC2[C@H](O[C@H]1C)O[C@@]1(C[C@@H]2C)C[C@H](C)C(O[Si](CC)(CC)CC)[C@H](CC(=O)Sc2ccccn2)O1. The summed E-state index contributed by atoms with van der Waals surface area (Å²) in [6.07, 6.45) is 3.17. The van der Waals surface area contributed by atoms with E-state index in [2.05, 4.69) is 53.5 Å². The second-order valence-corrected chi connectivity index (χ2v) is 17.3. The third-order valence-electron chi connectivity index (χ3n) is 8.87. The fourth-order valence-electron chi connectivity index (χ4n) is 6.49. The van der Waals surface area contributed by atoms with Crippen LogP contribution >= 0.6 is 11.8 Å². The van der Waals surface area contributed by atoms with Gasteiger partial charge in [-0.25, -0.2) is 4.98 Å². The van der Waals surface area contributed by atoms with Gasteiger partial charge in [0.25, 0.3) is 0 Å². The molecule has 3 saturated heterocycles. The van der Waals surface area contributed by atoms with Crippen molar-refractivity contribution in [1.29, 1.82) is 0 Å². The first-order valence-electron chi connectivity index (χ1n) is 14.6. The summed E-state index contributed by atoms with van der Waals surface area (Å²) in [4.78, 5) is 17.6. The smallest absolute Gasteiger partial charge is 0.197 e. The molecule has 4 heterocycles. The molecule has 9 atom stereocenters. The largest absolute Gasteiger partial charge is 0.411 e. The number of carbonyl (C=O) groups excluding carboxylic acids is 1. The Hall–Kier alpha value is -0.813. The summed E-state index contributed by atoms with van der Waals surface area (Å²) in [7, 11) is -1.93. The number of thioether (sulfide) groups is 1. The van der Waals surface area contributed by atoms with Crippen LogP contribution in [-0.2, 0) is 28.2 Å². The number of hydrogen-bond donors (Lipinski definition) is 0. The quantitative estimate of drug-likeness (QED) is 0.246. The van der Waals surface area contributed by atoms with Crippen molar-refractivity contribution in [2.75, 3.05) is 0 Å². The number of hydrogen-bond acceptors (Lipinski definition) is 8. The van der Waals surface area contributed by atoms with Crippen LogP contribution in [0.2, 0.25) is 18.1 Å². The molecule has 3 aliphatic rings. The second-order valence-electron chi connectivity index (χ2n) is 11.5. The Morgan fingerprint density at radius 1 is 1.03 bits per heavy atom. The van der Waals surface area contributed by atoms with Gasteiger partial charge in [0.2, 0.25) is 0 Å². The summed E-state index contributed by atoms with van der Waals surface area (Å²) in [5.41, 5.74) is 0. The maximum atomic E-state index is 13.3. The van der Waals surface area contributed by atoms with Crippen LogP contribution in [0.5, 0.6) is 0 Å². The maximum Gasteiger partial charge on any atom is 0.197 e. The molecule has 1 spiro atoms. The zero-order valence-electron chi connectivity index (χ0n) is 24.2. The van der Waals surface area contributed by atoms with Gasteiger partial charge in [0.05, 0.1) is 24.4 Å². The van der Waals surface area contributed by atoms with Gasteiger partial charge in [0.15, 0.2) is 25.5 Å². The van der Waals surface area contributed by atoms with Gasteiger partial charge in [-0.3, -0.25) is 4.79 Å². The number of rotatable bonds is 9. The molecular formula is C29H47NO6SSi. The number of fused-ring (bicyclic) bond motifs is 1. The summed E-state index contributed by atoms with van der Waals surface area (Å²) < 4.78 is 33.4. The molecule has 0 aliphatic carbocycles. The van der Waals surface area contributed by atoms with Crippen LogP contribution in [0.1, 0.15) is 74.1 Å². The minimum absolute atomic E-state index is 0.0294. The van der Waals surface area contributed by atoms with Crippen molar-refractivity contribution < 1.29 is 28.2 Å². The molecule has 1 aromatic rings. The number of aromatic nitrogens is 1. The van der Waals surface area contributed by atoms with E-state index in [1.165, 1.54) is 11.8 Å². The summed E-state index contributed by atoms with van der Waals surface area (Å²) >= 11 is 1.17. The lowest BCUT2D eigenvalue weighted by Gasteiger charge is -2.56. The normalized spacial score (nSPS) is 37.7. The predicted molar refractivity (Wildman–Crippen MR) is 151 cm³/mol. The van der Waals surface area contributed by atoms with E-state index in [4.69, 9.17) is 23.4 Å². The van der Waals surface area contributed by atoms with Crippen molar-refractivity contribution in [2.45, 2.75) is 140 Å². The molecule has 38 heavy (non-hydrogen) atoms. The molecule has 4 rings (SSSR count). The van der Waals surface area contributed by atoms with E-state index in [-0.39, 0.29) is 47.8 Å². The van der Waals surface area contributed by atoms with Crippen LogP contribution in [0.25, 0.3) is 0 Å². The van der Waals surface area contributed by atoms with Gasteiger partial charge >= 0.3 is 0 Å². The molecule has 0 aromatic carbocycles. The van der Waals surface area contributed by atoms with Gasteiger partial charge in [0.1, 0.15) is 11.1 Å². The first-order chi connectivity index (χ1) is 18.2. The fraction of sp³-hybridized carbons (Fsp3) is 0.793. The first kappa shape index (κ1) is 30.2. The first-order valence-corrected chi connectivity index (χ1v) is 18.0. The van der Waals surface area contributed by atoms with Crippen LogP contribution in [0.4, 0.5) is 0 Å². The van der Waals surface area contributed by atoms with Crippen molar-refractivity contribution in [3.05, 3.63) is 24.4 Å². The molecule has 0 bridgehead atoms. The average molecular weight is 566 g/mol. The number of carbonyl (C=O) groups is 1. The van der Waals surface area contributed by atoms with Crippen LogP contribution < -0.4 is 0 Å². The maximum absolute atomic E-state index is 13.3. The molecule has 1 aromatic heterocycles. The molecule has 0 amide bonds. The average Bonchev–Trinajstić information content (AvgIpc) is 2.89. The Morgan fingerprint density at radius 2 is 1.74 bits per heavy atom. The molecule has 7 nitrogen and oxygen atoms in total. The van der Waals surface area contributed by atoms with E-state index < -0.39 is 26.5 Å². The highest BCUT2D eigenvalue weighted by atomic mass is 32.2. The van der Waals surface area contributed by atoms with E-state index in [0.29, 0.717) is 17.9 Å². The highest BCUT2D eigenvalue weighted by Gasteiger charge is 2.56. The van der Waals surface area contributed by atoms with E-state index in [1.807, 2.05) is 18.2 Å². The summed E-state index contributed by atoms with van der Waals surface area (Å²) in [6.45, 7) is 15.3. The van der Waals surface area contributed by atoms with Crippen LogP contribution in [-0.4, -0.2) is 61.0 Å². The zero-order chi connectivity index (χ0) is 27.5. The lowest BCUT2D eigenvalue weighted by Crippen LogP contribution is -2.64. The third-order valence-corrected chi connectivity index (χ3v) is 14.4. The fourth-order valence-corrected chi connectivity index (χ4v) is 10.2. The van der Waals surface area contributed by atoms with Crippen molar-refractivity contribution in [2.24, 2.45) is 11.8 Å². The van der Waals surface area contributed by atoms with Gasteiger partial charge in [0, 0.05) is 25.5 Å². The van der Waals surface area contributed by atoms with Gasteiger partial charge in [-0.15, -0.1) is 0 Å². The third kappa shape index (κ3) is 6.56. The monoisotopic (exact) mass is 565 g/mol. The van der Waals surface area contributed by atoms with Crippen molar-refractivity contribution in [1.82, 2.24) is 4.98 Å². The minimum atomic E-state index is -1.93. The van der Waals surface area contributed by atoms with Crippen LogP contribution in [0.3, 0.4) is 0 Å². The number of pyridine rings is 1. The van der Waals surface area contributed by atoms with Gasteiger partial charge in [-0.2, -0.15) is 0 Å². The van der Waals surface area contributed by atoms with Gasteiger partial charge in [-0.1, -0.05) is 47.6 Å². The second kappa shape index (κ2) is 12.8. The molecular weight excluding hydrogens is 518 g/mol. The van der Waals surface area contributed by atoms with E-state index >= 15 is 0 Å². The highest BCUT2D eigenvalue weighted by molar-refractivity contribution is 8.13. The molecule has 0 radical (unpaired) electrons. The van der Waals surface area contributed by atoms with Crippen LogP contribution in [0, 0.1) is 11.8 Å². The predicted octanol–water partition coefficient (Wildman–Crippen LogP) is 6.57. The molecule has 3 fully saturated rings. The van der Waals surface area contributed by atoms with E-state index in [1.54, 1.807) is 6.20 Å². The summed E-state index contributed by atoms with van der Waals surface area (Å²) in [6, 6.07) is 8.78. The topological polar surface area (TPSA) is 76.1 Å². The van der Waals surface area contributed by atoms with Crippen LogP contribution in [0.15, 0.2) is 29.4 Å². The van der Waals surface area contributed by atoms with Crippen molar-refractivity contribution in [3.63, 3.8) is 0 Å². The zero-order valence-corrected chi connectivity index (χ0v) is 26.0. The molecule has 214 valence electrons. The Morgan fingerprint density at radius 3 is 2.37 bits per heavy atom. The molecule has 0 N–H and O–H groups in total. The van der Waals surface area contributed by atoms with Gasteiger partial charge < -0.3 is 23.4 Å². The Balaban J connectivity index is 1.57. The summed E-state index contributed by atoms with van der Waals surface area (Å²) in [5.74, 6) is -0.445. The number of ether oxygens (including phenoxy) is 4. The lowest BCUT2D eigenvalue weighted by molar-refractivity contribution is -0.425. The molecule has 2 unspecified atom stereocenters. The molecule has 3 aliphatic heterocycles. The van der Waals surface area contributed by atoms with E-state index in [9.17, 15) is 4.79 Å². The Bertz CT molecular complexity index is 911. The summed E-state index contributed by atoms with van der Waals surface area (Å²) in [5, 5.41) is 0.729. The van der Waals surface area contributed by atoms with E-state index in [0.717, 1.165) is 24.6 Å². The highest BCUT2D eigenvalue weighted by Crippen LogP contribution is 2.48. The Labute approximate surface area is 234 Å². The number of nitrogens with zero attached hydrogens (tertiary/aromatic N) is 1. The Kier molecular flexibility index (Phi) is 10.1.